The quantitative estimate of drug-likeness (QED) is 0.810. The van der Waals surface area contributed by atoms with Crippen LogP contribution in [0.1, 0.15) is 34.7 Å². The van der Waals surface area contributed by atoms with Crippen molar-refractivity contribution >= 4 is 5.91 Å². The maximum absolute atomic E-state index is 12.2. The summed E-state index contributed by atoms with van der Waals surface area (Å²) in [6.45, 7) is 4.22. The van der Waals surface area contributed by atoms with Crippen LogP contribution in [0.5, 0.6) is 0 Å². The Morgan fingerprint density at radius 2 is 2.38 bits per heavy atom. The van der Waals surface area contributed by atoms with Crippen molar-refractivity contribution < 1.29 is 14.4 Å². The summed E-state index contributed by atoms with van der Waals surface area (Å²) in [5, 5.41) is 13.0. The van der Waals surface area contributed by atoms with Crippen molar-refractivity contribution in [3.05, 3.63) is 17.0 Å². The molecule has 0 unspecified atom stereocenters. The summed E-state index contributed by atoms with van der Waals surface area (Å²) in [4.78, 5) is 13.9. The van der Waals surface area contributed by atoms with Gasteiger partial charge in [0.1, 0.15) is 11.3 Å². The number of amides is 1. The second kappa shape index (κ2) is 4.25. The molecule has 0 aromatic carbocycles. The number of carbonyl (C=O) groups is 1. The van der Waals surface area contributed by atoms with Gasteiger partial charge in [0, 0.05) is 6.54 Å². The standard InChI is InChI=1S/C11H16N2O3/c1-7-10(8(2)16-12-7)11(15)13-5-3-4-9(13)6-14/h9,14H,3-6H2,1-2H3/t9-/m0/s1. The highest BCUT2D eigenvalue weighted by molar-refractivity contribution is 5.96. The predicted molar refractivity (Wildman–Crippen MR) is 57.1 cm³/mol. The summed E-state index contributed by atoms with van der Waals surface area (Å²) in [6, 6.07) is -0.0544. The number of aryl methyl sites for hydroxylation is 2. The highest BCUT2D eigenvalue weighted by Crippen LogP contribution is 2.22. The molecule has 16 heavy (non-hydrogen) atoms. The minimum atomic E-state index is -0.0761. The first-order valence-electron chi connectivity index (χ1n) is 5.50. The summed E-state index contributed by atoms with van der Waals surface area (Å²) in [7, 11) is 0. The van der Waals surface area contributed by atoms with Crippen molar-refractivity contribution in [3.8, 4) is 0 Å². The van der Waals surface area contributed by atoms with Gasteiger partial charge in [0.05, 0.1) is 18.3 Å². The molecule has 1 fully saturated rings. The van der Waals surface area contributed by atoms with E-state index in [0.29, 0.717) is 23.6 Å². The number of aliphatic hydroxyl groups excluding tert-OH is 1. The highest BCUT2D eigenvalue weighted by atomic mass is 16.5. The molecule has 0 radical (unpaired) electrons. The molecular formula is C11H16N2O3. The van der Waals surface area contributed by atoms with Crippen LogP contribution in [0.2, 0.25) is 0 Å². The molecule has 2 heterocycles. The van der Waals surface area contributed by atoms with Gasteiger partial charge in [-0.05, 0) is 26.7 Å². The van der Waals surface area contributed by atoms with Gasteiger partial charge in [0.15, 0.2) is 0 Å². The zero-order chi connectivity index (χ0) is 11.7. The maximum Gasteiger partial charge on any atom is 0.259 e. The Morgan fingerprint density at radius 3 is 2.94 bits per heavy atom. The summed E-state index contributed by atoms with van der Waals surface area (Å²) in [5.74, 6) is 0.471. The van der Waals surface area contributed by atoms with Gasteiger partial charge in [-0.15, -0.1) is 0 Å². The fraction of sp³-hybridized carbons (Fsp3) is 0.636. The van der Waals surface area contributed by atoms with Gasteiger partial charge in [-0.2, -0.15) is 0 Å². The SMILES string of the molecule is Cc1noc(C)c1C(=O)N1CCC[C@H]1CO. The van der Waals surface area contributed by atoms with Gasteiger partial charge in [0.2, 0.25) is 0 Å². The fourth-order valence-electron chi connectivity index (χ4n) is 2.22. The van der Waals surface area contributed by atoms with Crippen molar-refractivity contribution in [2.75, 3.05) is 13.2 Å². The van der Waals surface area contributed by atoms with Crippen LogP contribution in [0, 0.1) is 13.8 Å². The monoisotopic (exact) mass is 224 g/mol. The highest BCUT2D eigenvalue weighted by Gasteiger charge is 2.31. The first kappa shape index (κ1) is 11.1. The molecule has 0 spiro atoms. The van der Waals surface area contributed by atoms with E-state index in [1.54, 1.807) is 18.7 Å². The van der Waals surface area contributed by atoms with Crippen molar-refractivity contribution in [1.82, 2.24) is 10.1 Å². The maximum atomic E-state index is 12.2. The summed E-state index contributed by atoms with van der Waals surface area (Å²) in [5.41, 5.74) is 1.16. The topological polar surface area (TPSA) is 66.6 Å². The van der Waals surface area contributed by atoms with E-state index in [2.05, 4.69) is 5.16 Å². The normalized spacial score (nSPS) is 20.4. The number of rotatable bonds is 2. The van der Waals surface area contributed by atoms with Crippen molar-refractivity contribution in [1.29, 1.82) is 0 Å². The third-order valence-electron chi connectivity index (χ3n) is 3.10. The predicted octanol–water partition coefficient (Wildman–Crippen LogP) is 0.888. The Hall–Kier alpha value is -1.36. The van der Waals surface area contributed by atoms with Crippen LogP contribution in [-0.2, 0) is 0 Å². The van der Waals surface area contributed by atoms with Crippen LogP contribution in [0.15, 0.2) is 4.52 Å². The fourth-order valence-corrected chi connectivity index (χ4v) is 2.22. The Bertz CT molecular complexity index is 380. The van der Waals surface area contributed by atoms with Crippen LogP contribution in [0.4, 0.5) is 0 Å². The number of hydrogen-bond acceptors (Lipinski definition) is 4. The lowest BCUT2D eigenvalue weighted by Crippen LogP contribution is -2.38. The van der Waals surface area contributed by atoms with Gasteiger partial charge < -0.3 is 14.5 Å². The van der Waals surface area contributed by atoms with Crippen molar-refractivity contribution in [3.63, 3.8) is 0 Å². The number of hydrogen-bond donors (Lipinski definition) is 1. The Labute approximate surface area is 94.0 Å². The molecule has 0 aliphatic carbocycles. The molecule has 88 valence electrons. The van der Waals surface area contributed by atoms with E-state index in [1.807, 2.05) is 0 Å². The number of nitrogens with zero attached hydrogens (tertiary/aromatic N) is 2. The molecule has 0 saturated carbocycles. The van der Waals surface area contributed by atoms with Crippen LogP contribution >= 0.6 is 0 Å². The second-order valence-electron chi connectivity index (χ2n) is 4.18. The van der Waals surface area contributed by atoms with E-state index in [9.17, 15) is 9.90 Å². The zero-order valence-electron chi connectivity index (χ0n) is 9.56. The molecule has 1 atom stereocenters. The first-order valence-corrected chi connectivity index (χ1v) is 5.50. The van der Waals surface area contributed by atoms with Gasteiger partial charge in [0.25, 0.3) is 5.91 Å². The second-order valence-corrected chi connectivity index (χ2v) is 4.18. The van der Waals surface area contributed by atoms with E-state index >= 15 is 0 Å². The van der Waals surface area contributed by atoms with Crippen molar-refractivity contribution in [2.24, 2.45) is 0 Å². The average molecular weight is 224 g/mol. The minimum Gasteiger partial charge on any atom is -0.394 e. The molecule has 1 amide bonds. The lowest BCUT2D eigenvalue weighted by Gasteiger charge is -2.22. The number of carbonyl (C=O) groups excluding carboxylic acids is 1. The lowest BCUT2D eigenvalue weighted by molar-refractivity contribution is 0.0675. The van der Waals surface area contributed by atoms with Gasteiger partial charge >= 0.3 is 0 Å². The van der Waals surface area contributed by atoms with E-state index in [0.717, 1.165) is 12.8 Å². The molecule has 2 rings (SSSR count). The Kier molecular flexibility index (Phi) is 2.96. The van der Waals surface area contributed by atoms with Crippen molar-refractivity contribution in [2.45, 2.75) is 32.7 Å². The summed E-state index contributed by atoms with van der Waals surface area (Å²) in [6.07, 6.45) is 1.81. The average Bonchev–Trinajstić information content (AvgIpc) is 2.85. The molecular weight excluding hydrogens is 208 g/mol. The van der Waals surface area contributed by atoms with Crippen LogP contribution < -0.4 is 0 Å². The molecule has 1 aromatic heterocycles. The zero-order valence-corrected chi connectivity index (χ0v) is 9.56. The lowest BCUT2D eigenvalue weighted by atomic mass is 10.1. The van der Waals surface area contributed by atoms with Gasteiger partial charge in [-0.25, -0.2) is 0 Å². The third kappa shape index (κ3) is 1.71. The molecule has 0 bridgehead atoms. The van der Waals surface area contributed by atoms with Gasteiger partial charge in [-0.3, -0.25) is 4.79 Å². The molecule has 5 heteroatoms. The first-order chi connectivity index (χ1) is 7.65. The molecule has 5 nitrogen and oxygen atoms in total. The largest absolute Gasteiger partial charge is 0.394 e. The molecule has 1 N–H and O–H groups in total. The molecule has 1 aromatic rings. The number of aliphatic hydroxyl groups is 1. The van der Waals surface area contributed by atoms with E-state index in [4.69, 9.17) is 4.52 Å². The molecule has 1 aliphatic rings. The van der Waals surface area contributed by atoms with Crippen LogP contribution in [0.3, 0.4) is 0 Å². The van der Waals surface area contributed by atoms with E-state index in [-0.39, 0.29) is 18.6 Å². The molecule has 1 saturated heterocycles. The van der Waals surface area contributed by atoms with E-state index < -0.39 is 0 Å². The summed E-state index contributed by atoms with van der Waals surface area (Å²) < 4.78 is 4.98. The smallest absolute Gasteiger partial charge is 0.259 e. The Balaban J connectivity index is 2.25. The van der Waals surface area contributed by atoms with Crippen LogP contribution in [-0.4, -0.2) is 40.3 Å². The van der Waals surface area contributed by atoms with E-state index in [1.165, 1.54) is 0 Å². The number of likely N-dealkylation sites (tertiary alicyclic amines) is 1. The van der Waals surface area contributed by atoms with Gasteiger partial charge in [-0.1, -0.05) is 5.16 Å². The Morgan fingerprint density at radius 1 is 1.62 bits per heavy atom. The molecule has 1 aliphatic heterocycles. The third-order valence-corrected chi connectivity index (χ3v) is 3.10. The van der Waals surface area contributed by atoms with Crippen LogP contribution in [0.25, 0.3) is 0 Å². The minimum absolute atomic E-state index is 0.0229. The number of aromatic nitrogens is 1. The summed E-state index contributed by atoms with van der Waals surface area (Å²) >= 11 is 0.